The summed E-state index contributed by atoms with van der Waals surface area (Å²) in [6, 6.07) is 8.95. The Morgan fingerprint density at radius 1 is 1.23 bits per heavy atom. The van der Waals surface area contributed by atoms with Gasteiger partial charge in [0.1, 0.15) is 4.21 Å². The van der Waals surface area contributed by atoms with Gasteiger partial charge < -0.3 is 9.72 Å². The molecule has 4 heterocycles. The first-order chi connectivity index (χ1) is 15.9. The lowest BCUT2D eigenvalue weighted by molar-refractivity contribution is 0.0171. The first-order valence-electron chi connectivity index (χ1n) is 10.9. The molecule has 1 fully saturated rings. The fourth-order valence-electron chi connectivity index (χ4n) is 3.97. The number of aromatic amines is 1. The number of rotatable bonds is 8. The Bertz CT molecular complexity index is 1260. The first-order valence-corrected chi connectivity index (χ1v) is 13.2. The second kappa shape index (κ2) is 13.0. The molecule has 0 bridgehead atoms. The van der Waals surface area contributed by atoms with Crippen LogP contribution in [0.4, 0.5) is 0 Å². The van der Waals surface area contributed by atoms with Crippen LogP contribution in [0.15, 0.2) is 51.7 Å². The number of aryl methyl sites for hydroxylation is 2. The van der Waals surface area contributed by atoms with Crippen LogP contribution in [-0.2, 0) is 21.2 Å². The third-order valence-electron chi connectivity index (χ3n) is 5.83. The number of hydrogen-bond donors (Lipinski definition) is 2. The molecule has 0 amide bonds. The fourth-order valence-corrected chi connectivity index (χ4v) is 6.44. The molecule has 1 atom stereocenters. The van der Waals surface area contributed by atoms with Crippen molar-refractivity contribution in [2.45, 2.75) is 30.5 Å². The van der Waals surface area contributed by atoms with Gasteiger partial charge >= 0.3 is 0 Å². The molecular formula is C23H30Cl2N4O4S2. The van der Waals surface area contributed by atoms with E-state index in [1.807, 2.05) is 32.0 Å². The summed E-state index contributed by atoms with van der Waals surface area (Å²) < 4.78 is 34.8. The van der Waals surface area contributed by atoms with Crippen molar-refractivity contribution in [3.05, 3.63) is 69.9 Å². The largest absolute Gasteiger partial charge is 0.379 e. The molecule has 0 radical (unpaired) electrons. The van der Waals surface area contributed by atoms with Crippen LogP contribution in [0.2, 0.25) is 0 Å². The van der Waals surface area contributed by atoms with Crippen molar-refractivity contribution in [3.8, 4) is 10.4 Å². The van der Waals surface area contributed by atoms with Crippen molar-refractivity contribution in [3.63, 3.8) is 0 Å². The SMILES string of the molecule is CCc1cc(-c2ccc(S(=O)(=O)NCC(c3cccnc3)N3CCOCC3)s2)c(C)[nH]c1=O.Cl.Cl. The topological polar surface area (TPSA) is 104 Å². The molecule has 12 heteroatoms. The number of halogens is 2. The molecule has 4 rings (SSSR count). The lowest BCUT2D eigenvalue weighted by Crippen LogP contribution is -2.43. The Balaban J connectivity index is 0.00000216. The van der Waals surface area contributed by atoms with Crippen molar-refractivity contribution in [1.29, 1.82) is 0 Å². The number of nitrogens with one attached hydrogen (secondary N) is 2. The van der Waals surface area contributed by atoms with Gasteiger partial charge in [-0.15, -0.1) is 36.2 Å². The molecule has 0 saturated carbocycles. The van der Waals surface area contributed by atoms with Crippen LogP contribution in [0.1, 0.15) is 29.8 Å². The highest BCUT2D eigenvalue weighted by atomic mass is 35.5. The van der Waals surface area contributed by atoms with Crippen LogP contribution in [-0.4, -0.2) is 56.1 Å². The van der Waals surface area contributed by atoms with Crippen molar-refractivity contribution < 1.29 is 13.2 Å². The second-order valence-corrected chi connectivity index (χ2v) is 11.0. The monoisotopic (exact) mass is 560 g/mol. The van der Waals surface area contributed by atoms with Crippen LogP contribution < -0.4 is 10.3 Å². The van der Waals surface area contributed by atoms with Crippen LogP contribution in [0.25, 0.3) is 10.4 Å². The molecule has 3 aromatic heterocycles. The minimum atomic E-state index is -3.71. The number of hydrogen-bond acceptors (Lipinski definition) is 7. The number of thiophene rings is 1. The summed E-state index contributed by atoms with van der Waals surface area (Å²) in [5.41, 5.74) is 3.11. The summed E-state index contributed by atoms with van der Waals surface area (Å²) in [5.74, 6) is 0. The van der Waals surface area contributed by atoms with Gasteiger partial charge in [0.15, 0.2) is 0 Å². The molecule has 0 aliphatic carbocycles. The van der Waals surface area contributed by atoms with Crippen LogP contribution >= 0.6 is 36.2 Å². The number of aromatic nitrogens is 2. The number of H-pyrrole nitrogens is 1. The Morgan fingerprint density at radius 3 is 2.63 bits per heavy atom. The fraction of sp³-hybridized carbons (Fsp3) is 0.391. The summed E-state index contributed by atoms with van der Waals surface area (Å²) in [6.07, 6.45) is 4.10. The van der Waals surface area contributed by atoms with Gasteiger partial charge in [0.25, 0.3) is 5.56 Å². The minimum absolute atomic E-state index is 0. The summed E-state index contributed by atoms with van der Waals surface area (Å²) in [7, 11) is -3.71. The molecule has 1 aliphatic heterocycles. The van der Waals surface area contributed by atoms with Crippen LogP contribution in [0.5, 0.6) is 0 Å². The smallest absolute Gasteiger partial charge is 0.251 e. The third kappa shape index (κ3) is 6.91. The number of morpholine rings is 1. The lowest BCUT2D eigenvalue weighted by Gasteiger charge is -2.34. The van der Waals surface area contributed by atoms with E-state index in [0.29, 0.717) is 25.2 Å². The normalized spacial score (nSPS) is 15.1. The molecule has 8 nitrogen and oxygen atoms in total. The first kappa shape index (κ1) is 29.4. The standard InChI is InChI=1S/C23H28N4O4S2.2ClH/c1-3-17-13-19(16(2)26-23(17)28)21-6-7-22(32-21)33(29,30)25-15-20(18-5-4-8-24-14-18)27-9-11-31-12-10-27;;/h4-8,13-14,20,25H,3,9-12,15H2,1-2H3,(H,26,28);2*1H. The molecule has 0 spiro atoms. The Labute approximate surface area is 222 Å². The predicted molar refractivity (Wildman–Crippen MR) is 144 cm³/mol. The molecule has 35 heavy (non-hydrogen) atoms. The maximum Gasteiger partial charge on any atom is 0.251 e. The Kier molecular flexibility index (Phi) is 10.9. The van der Waals surface area contributed by atoms with Gasteiger partial charge in [-0.3, -0.25) is 14.7 Å². The highest BCUT2D eigenvalue weighted by Crippen LogP contribution is 2.32. The summed E-state index contributed by atoms with van der Waals surface area (Å²) in [4.78, 5) is 22.1. The van der Waals surface area contributed by atoms with Gasteiger partial charge in [-0.1, -0.05) is 13.0 Å². The van der Waals surface area contributed by atoms with Gasteiger partial charge in [0, 0.05) is 53.7 Å². The van der Waals surface area contributed by atoms with E-state index in [9.17, 15) is 13.2 Å². The van der Waals surface area contributed by atoms with Gasteiger partial charge in [0.05, 0.1) is 19.3 Å². The minimum Gasteiger partial charge on any atom is -0.379 e. The Hall–Kier alpha value is -1.79. The summed E-state index contributed by atoms with van der Waals surface area (Å²) >= 11 is 1.20. The number of ether oxygens (including phenoxy) is 1. The highest BCUT2D eigenvalue weighted by Gasteiger charge is 2.26. The average Bonchev–Trinajstić information content (AvgIpc) is 3.32. The molecule has 0 aromatic carbocycles. The lowest BCUT2D eigenvalue weighted by atomic mass is 10.1. The van der Waals surface area contributed by atoms with E-state index in [2.05, 4.69) is 19.6 Å². The van der Waals surface area contributed by atoms with E-state index in [-0.39, 0.29) is 47.2 Å². The van der Waals surface area contributed by atoms with E-state index in [1.165, 1.54) is 11.3 Å². The van der Waals surface area contributed by atoms with Gasteiger partial charge in [-0.05, 0) is 43.2 Å². The van der Waals surface area contributed by atoms with Crippen LogP contribution in [0, 0.1) is 6.92 Å². The number of sulfonamides is 1. The van der Waals surface area contributed by atoms with E-state index < -0.39 is 10.0 Å². The molecule has 2 N–H and O–H groups in total. The van der Waals surface area contributed by atoms with Crippen molar-refractivity contribution in [2.24, 2.45) is 0 Å². The van der Waals surface area contributed by atoms with E-state index in [4.69, 9.17) is 4.74 Å². The molecular weight excluding hydrogens is 531 g/mol. The molecule has 192 valence electrons. The predicted octanol–water partition coefficient (Wildman–Crippen LogP) is 3.56. The zero-order valence-corrected chi connectivity index (χ0v) is 22.8. The number of pyridine rings is 2. The van der Waals surface area contributed by atoms with Crippen molar-refractivity contribution in [2.75, 3.05) is 32.8 Å². The van der Waals surface area contributed by atoms with E-state index in [0.717, 1.165) is 34.8 Å². The molecule has 1 aliphatic rings. The van der Waals surface area contributed by atoms with Gasteiger partial charge in [0.2, 0.25) is 10.0 Å². The highest BCUT2D eigenvalue weighted by molar-refractivity contribution is 7.91. The average molecular weight is 562 g/mol. The quantitative estimate of drug-likeness (QED) is 0.436. The van der Waals surface area contributed by atoms with Crippen molar-refractivity contribution >= 4 is 46.2 Å². The second-order valence-electron chi connectivity index (χ2n) is 7.94. The summed E-state index contributed by atoms with van der Waals surface area (Å²) in [5, 5.41) is 0. The van der Waals surface area contributed by atoms with Gasteiger partial charge in [-0.2, -0.15) is 0 Å². The molecule has 3 aromatic rings. The maximum atomic E-state index is 13.1. The van der Waals surface area contributed by atoms with Gasteiger partial charge in [-0.25, -0.2) is 13.1 Å². The maximum absolute atomic E-state index is 13.1. The summed E-state index contributed by atoms with van der Waals surface area (Å²) in [6.45, 7) is 6.69. The number of nitrogens with zero attached hydrogens (tertiary/aromatic N) is 2. The van der Waals surface area contributed by atoms with E-state index >= 15 is 0 Å². The zero-order chi connectivity index (χ0) is 23.4. The van der Waals surface area contributed by atoms with Crippen molar-refractivity contribution in [1.82, 2.24) is 19.6 Å². The third-order valence-corrected chi connectivity index (χ3v) is 8.86. The Morgan fingerprint density at radius 2 is 1.97 bits per heavy atom. The van der Waals surface area contributed by atoms with Crippen LogP contribution in [0.3, 0.4) is 0 Å². The molecule has 1 unspecified atom stereocenters. The zero-order valence-electron chi connectivity index (χ0n) is 19.5. The molecule has 1 saturated heterocycles. The van der Waals surface area contributed by atoms with E-state index in [1.54, 1.807) is 24.5 Å².